The monoisotopic (exact) mass is 159 g/mol. The van der Waals surface area contributed by atoms with Crippen LogP contribution in [-0.4, -0.2) is 5.67 Å². The van der Waals surface area contributed by atoms with Crippen molar-refractivity contribution in [3.63, 3.8) is 0 Å². The summed E-state index contributed by atoms with van der Waals surface area (Å²) in [7, 11) is 0. The minimum absolute atomic E-state index is 0.259. The van der Waals surface area contributed by atoms with E-state index in [4.69, 9.17) is 5.73 Å². The lowest BCUT2D eigenvalue weighted by atomic mass is 9.86. The molecule has 0 saturated heterocycles. The van der Waals surface area contributed by atoms with Gasteiger partial charge in [0.2, 0.25) is 0 Å². The van der Waals surface area contributed by atoms with Gasteiger partial charge in [-0.15, -0.1) is 0 Å². The van der Waals surface area contributed by atoms with Crippen LogP contribution in [0.1, 0.15) is 13.8 Å². The third-order valence-corrected chi connectivity index (χ3v) is 2.07. The van der Waals surface area contributed by atoms with Crippen LogP contribution in [0.25, 0.3) is 0 Å². The number of hydrogen-bond acceptors (Lipinski definition) is 1. The predicted molar refractivity (Wildman–Crippen MR) is 40.1 cm³/mol. The van der Waals surface area contributed by atoms with E-state index in [2.05, 4.69) is 0 Å². The Morgan fingerprint density at radius 3 is 2.64 bits per heavy atom. The number of rotatable bonds is 0. The van der Waals surface area contributed by atoms with Gasteiger partial charge in [-0.2, -0.15) is 0 Å². The van der Waals surface area contributed by atoms with Crippen molar-refractivity contribution < 1.29 is 8.78 Å². The summed E-state index contributed by atoms with van der Waals surface area (Å²) in [6.45, 7) is 2.95. The van der Waals surface area contributed by atoms with Crippen molar-refractivity contribution in [2.75, 3.05) is 0 Å². The second-order valence-electron chi connectivity index (χ2n) is 3.05. The maximum atomic E-state index is 13.3. The van der Waals surface area contributed by atoms with E-state index in [1.165, 1.54) is 6.92 Å². The highest BCUT2D eigenvalue weighted by Crippen LogP contribution is 2.33. The first-order chi connectivity index (χ1) is 4.93. The standard InChI is InChI=1S/C8H11F2N/c1-5-7(11)3-6(9)4-8(5,2)10/h3-5H,11H2,1-2H3. The molecule has 2 atom stereocenters. The van der Waals surface area contributed by atoms with E-state index in [1.54, 1.807) is 6.92 Å². The van der Waals surface area contributed by atoms with E-state index in [9.17, 15) is 8.78 Å². The predicted octanol–water partition coefficient (Wildman–Crippen LogP) is 2.06. The first-order valence-corrected chi connectivity index (χ1v) is 3.48. The van der Waals surface area contributed by atoms with Crippen molar-refractivity contribution in [1.29, 1.82) is 0 Å². The van der Waals surface area contributed by atoms with Gasteiger partial charge >= 0.3 is 0 Å². The topological polar surface area (TPSA) is 26.0 Å². The molecule has 0 aromatic rings. The zero-order chi connectivity index (χ0) is 8.65. The maximum Gasteiger partial charge on any atom is 0.137 e. The Balaban J connectivity index is 3.01. The van der Waals surface area contributed by atoms with Crippen LogP contribution in [-0.2, 0) is 0 Å². The summed E-state index contributed by atoms with van der Waals surface area (Å²) in [4.78, 5) is 0. The van der Waals surface area contributed by atoms with E-state index >= 15 is 0 Å². The minimum atomic E-state index is -1.65. The summed E-state index contributed by atoms with van der Waals surface area (Å²) >= 11 is 0. The van der Waals surface area contributed by atoms with Gasteiger partial charge in [0, 0.05) is 11.6 Å². The normalized spacial score (nSPS) is 38.0. The first-order valence-electron chi connectivity index (χ1n) is 3.48. The van der Waals surface area contributed by atoms with E-state index in [1.807, 2.05) is 0 Å². The highest BCUT2D eigenvalue weighted by atomic mass is 19.1. The van der Waals surface area contributed by atoms with Crippen LogP contribution in [0.3, 0.4) is 0 Å². The Morgan fingerprint density at radius 2 is 2.18 bits per heavy atom. The molecule has 0 bridgehead atoms. The zero-order valence-electron chi connectivity index (χ0n) is 6.57. The van der Waals surface area contributed by atoms with E-state index in [0.29, 0.717) is 0 Å². The van der Waals surface area contributed by atoms with Gasteiger partial charge in [-0.05, 0) is 19.1 Å². The number of allylic oxidation sites excluding steroid dienone is 4. The van der Waals surface area contributed by atoms with Gasteiger partial charge in [0.15, 0.2) is 0 Å². The van der Waals surface area contributed by atoms with Crippen molar-refractivity contribution >= 4 is 0 Å². The summed E-state index contributed by atoms with van der Waals surface area (Å²) in [5, 5.41) is 0. The number of nitrogens with two attached hydrogens (primary N) is 1. The van der Waals surface area contributed by atoms with E-state index in [-0.39, 0.29) is 5.70 Å². The SMILES string of the molecule is CC1C(N)=CC(F)=CC1(C)F. The van der Waals surface area contributed by atoms with Gasteiger partial charge in [0.05, 0.1) is 0 Å². The summed E-state index contributed by atoms with van der Waals surface area (Å²) in [5.41, 5.74) is 3.99. The molecule has 0 heterocycles. The molecule has 3 heteroatoms. The van der Waals surface area contributed by atoms with Crippen molar-refractivity contribution in [3.8, 4) is 0 Å². The number of alkyl halides is 1. The molecular weight excluding hydrogens is 148 g/mol. The van der Waals surface area contributed by atoms with Gasteiger partial charge in [0.1, 0.15) is 11.5 Å². The van der Waals surface area contributed by atoms with Gasteiger partial charge in [-0.1, -0.05) is 6.92 Å². The lowest BCUT2D eigenvalue weighted by Crippen LogP contribution is -2.32. The number of hydrogen-bond donors (Lipinski definition) is 1. The van der Waals surface area contributed by atoms with Crippen molar-refractivity contribution in [2.45, 2.75) is 19.5 Å². The highest BCUT2D eigenvalue weighted by Gasteiger charge is 2.33. The molecule has 0 aliphatic heterocycles. The van der Waals surface area contributed by atoms with Crippen LogP contribution in [0.5, 0.6) is 0 Å². The maximum absolute atomic E-state index is 13.3. The summed E-state index contributed by atoms with van der Waals surface area (Å²) < 4.78 is 25.9. The Hall–Kier alpha value is -0.860. The molecule has 62 valence electrons. The minimum Gasteiger partial charge on any atom is -0.402 e. The Labute approximate surface area is 64.6 Å². The van der Waals surface area contributed by atoms with Gasteiger partial charge in [-0.3, -0.25) is 0 Å². The molecule has 1 nitrogen and oxygen atoms in total. The summed E-state index contributed by atoms with van der Waals surface area (Å²) in [6, 6.07) is 0. The molecule has 0 radical (unpaired) electrons. The Kier molecular flexibility index (Phi) is 1.74. The first kappa shape index (κ1) is 8.24. The molecular formula is C8H11F2N. The number of halogens is 2. The van der Waals surface area contributed by atoms with Crippen LogP contribution in [0.4, 0.5) is 8.78 Å². The molecule has 2 N–H and O–H groups in total. The van der Waals surface area contributed by atoms with Crippen LogP contribution in [0, 0.1) is 5.92 Å². The fourth-order valence-corrected chi connectivity index (χ4v) is 1.05. The van der Waals surface area contributed by atoms with Crippen LogP contribution in [0.15, 0.2) is 23.7 Å². The lowest BCUT2D eigenvalue weighted by Gasteiger charge is -2.27. The molecule has 0 aromatic carbocycles. The van der Waals surface area contributed by atoms with Gasteiger partial charge in [0.25, 0.3) is 0 Å². The lowest BCUT2D eigenvalue weighted by molar-refractivity contribution is 0.186. The fraction of sp³-hybridized carbons (Fsp3) is 0.500. The van der Waals surface area contributed by atoms with Crippen molar-refractivity contribution in [2.24, 2.45) is 11.7 Å². The summed E-state index contributed by atoms with van der Waals surface area (Å²) in [5.74, 6) is -1.03. The summed E-state index contributed by atoms with van der Waals surface area (Å²) in [6.07, 6.45) is 2.11. The van der Waals surface area contributed by atoms with Crippen LogP contribution in [0.2, 0.25) is 0 Å². The molecule has 2 unspecified atom stereocenters. The van der Waals surface area contributed by atoms with Crippen molar-refractivity contribution in [3.05, 3.63) is 23.7 Å². The van der Waals surface area contributed by atoms with Crippen LogP contribution >= 0.6 is 0 Å². The van der Waals surface area contributed by atoms with E-state index < -0.39 is 17.4 Å². The zero-order valence-corrected chi connectivity index (χ0v) is 6.57. The second-order valence-corrected chi connectivity index (χ2v) is 3.05. The van der Waals surface area contributed by atoms with Crippen LogP contribution < -0.4 is 5.73 Å². The Morgan fingerprint density at radius 1 is 1.64 bits per heavy atom. The van der Waals surface area contributed by atoms with Crippen molar-refractivity contribution in [1.82, 2.24) is 0 Å². The van der Waals surface area contributed by atoms with Gasteiger partial charge in [-0.25, -0.2) is 8.78 Å². The fourth-order valence-electron chi connectivity index (χ4n) is 1.05. The third-order valence-electron chi connectivity index (χ3n) is 2.07. The molecule has 0 saturated carbocycles. The molecule has 0 spiro atoms. The molecule has 0 aromatic heterocycles. The average molecular weight is 159 g/mol. The smallest absolute Gasteiger partial charge is 0.137 e. The quantitative estimate of drug-likeness (QED) is 0.575. The van der Waals surface area contributed by atoms with Gasteiger partial charge < -0.3 is 5.73 Å². The second kappa shape index (κ2) is 2.32. The molecule has 1 aliphatic rings. The average Bonchev–Trinajstić information content (AvgIpc) is 1.81. The molecule has 1 rings (SSSR count). The highest BCUT2D eigenvalue weighted by molar-refractivity contribution is 5.29. The largest absolute Gasteiger partial charge is 0.402 e. The third kappa shape index (κ3) is 1.42. The Bertz CT molecular complexity index is 228. The molecule has 0 amide bonds. The molecule has 0 fully saturated rings. The molecule has 1 aliphatic carbocycles. The molecule has 11 heavy (non-hydrogen) atoms. The van der Waals surface area contributed by atoms with E-state index in [0.717, 1.165) is 12.2 Å².